The Morgan fingerprint density at radius 1 is 0.650 bits per heavy atom. The third-order valence-corrected chi connectivity index (χ3v) is 4.73. The number of aromatic hydroxyl groups is 1. The Labute approximate surface area is 120 Å². The Kier molecular flexibility index (Phi) is 2.51. The number of benzene rings is 3. The lowest BCUT2D eigenvalue weighted by molar-refractivity contribution is 0.477. The number of rotatable bonds is 1. The molecule has 1 heterocycles. The van der Waals surface area contributed by atoms with E-state index in [0.29, 0.717) is 5.75 Å². The zero-order valence-electron chi connectivity index (χ0n) is 10.7. The highest BCUT2D eigenvalue weighted by atomic mass is 32.1. The van der Waals surface area contributed by atoms with E-state index in [-0.39, 0.29) is 0 Å². The molecular weight excluding hydrogens is 264 g/mol. The summed E-state index contributed by atoms with van der Waals surface area (Å²) in [5.41, 5.74) is 1.99. The van der Waals surface area contributed by atoms with E-state index in [2.05, 4.69) is 42.5 Å². The molecule has 0 saturated carbocycles. The minimum Gasteiger partial charge on any atom is -0.507 e. The van der Waals surface area contributed by atoms with Crippen LogP contribution in [0, 0.1) is 0 Å². The highest BCUT2D eigenvalue weighted by Crippen LogP contribution is 2.41. The van der Waals surface area contributed by atoms with Crippen molar-refractivity contribution in [1.82, 2.24) is 0 Å². The standard InChI is InChI=1S/C18H12OS/c19-15-9-3-1-6-12(15)13-8-5-11-17-18(13)14-7-2-4-10-16(14)20-17/h1-11,19H. The van der Waals surface area contributed by atoms with Gasteiger partial charge in [0.1, 0.15) is 5.75 Å². The van der Waals surface area contributed by atoms with Crippen LogP contribution in [0.25, 0.3) is 31.3 Å². The van der Waals surface area contributed by atoms with E-state index in [0.717, 1.165) is 11.1 Å². The molecule has 4 rings (SSSR count). The number of para-hydroxylation sites is 1. The molecule has 0 saturated heterocycles. The van der Waals surface area contributed by atoms with Crippen molar-refractivity contribution >= 4 is 31.5 Å². The van der Waals surface area contributed by atoms with E-state index >= 15 is 0 Å². The Hall–Kier alpha value is -2.32. The van der Waals surface area contributed by atoms with Gasteiger partial charge in [-0.1, -0.05) is 48.5 Å². The van der Waals surface area contributed by atoms with Crippen LogP contribution >= 0.6 is 11.3 Å². The topological polar surface area (TPSA) is 20.2 Å². The van der Waals surface area contributed by atoms with Crippen LogP contribution in [0.2, 0.25) is 0 Å². The summed E-state index contributed by atoms with van der Waals surface area (Å²) in [5, 5.41) is 12.6. The molecule has 0 fully saturated rings. The maximum atomic E-state index is 10.1. The summed E-state index contributed by atoms with van der Waals surface area (Å²) in [6, 6.07) is 22.2. The van der Waals surface area contributed by atoms with E-state index in [1.807, 2.05) is 18.2 Å². The molecule has 0 bridgehead atoms. The van der Waals surface area contributed by atoms with Gasteiger partial charge in [0.25, 0.3) is 0 Å². The zero-order valence-corrected chi connectivity index (χ0v) is 11.5. The van der Waals surface area contributed by atoms with Crippen molar-refractivity contribution in [3.05, 3.63) is 66.7 Å². The van der Waals surface area contributed by atoms with Gasteiger partial charge in [0.15, 0.2) is 0 Å². The first kappa shape index (κ1) is 11.5. The SMILES string of the molecule is Oc1ccccc1-c1cccc2sc3ccccc3c12. The van der Waals surface area contributed by atoms with E-state index < -0.39 is 0 Å². The summed E-state index contributed by atoms with van der Waals surface area (Å²) in [6.07, 6.45) is 0. The first-order chi connectivity index (χ1) is 9.84. The molecule has 0 aliphatic rings. The molecule has 1 N–H and O–H groups in total. The fraction of sp³-hybridized carbons (Fsp3) is 0. The van der Waals surface area contributed by atoms with Gasteiger partial charge >= 0.3 is 0 Å². The predicted molar refractivity (Wildman–Crippen MR) is 86.4 cm³/mol. The molecule has 3 aromatic carbocycles. The molecule has 0 spiro atoms. The highest BCUT2D eigenvalue weighted by Gasteiger charge is 2.12. The molecule has 1 nitrogen and oxygen atoms in total. The number of thiophene rings is 1. The van der Waals surface area contributed by atoms with Gasteiger partial charge in [-0.25, -0.2) is 0 Å². The predicted octanol–water partition coefficient (Wildman–Crippen LogP) is 5.43. The van der Waals surface area contributed by atoms with Crippen LogP contribution in [0.4, 0.5) is 0 Å². The first-order valence-corrected chi connectivity index (χ1v) is 7.35. The Morgan fingerprint density at radius 3 is 2.25 bits per heavy atom. The van der Waals surface area contributed by atoms with Gasteiger partial charge < -0.3 is 5.11 Å². The molecule has 0 aliphatic carbocycles. The average molecular weight is 276 g/mol. The summed E-state index contributed by atoms with van der Waals surface area (Å²) in [4.78, 5) is 0. The lowest BCUT2D eigenvalue weighted by Gasteiger charge is -2.06. The van der Waals surface area contributed by atoms with Crippen molar-refractivity contribution in [3.63, 3.8) is 0 Å². The third kappa shape index (κ3) is 1.62. The van der Waals surface area contributed by atoms with Crippen LogP contribution in [0.3, 0.4) is 0 Å². The van der Waals surface area contributed by atoms with Crippen LogP contribution in [0.5, 0.6) is 5.75 Å². The lowest BCUT2D eigenvalue weighted by Crippen LogP contribution is -1.80. The van der Waals surface area contributed by atoms with Gasteiger partial charge in [-0.3, -0.25) is 0 Å². The fourth-order valence-corrected chi connectivity index (χ4v) is 3.83. The van der Waals surface area contributed by atoms with Crippen molar-refractivity contribution in [1.29, 1.82) is 0 Å². The van der Waals surface area contributed by atoms with E-state index in [1.54, 1.807) is 17.4 Å². The van der Waals surface area contributed by atoms with Crippen LogP contribution < -0.4 is 0 Å². The van der Waals surface area contributed by atoms with Crippen LogP contribution in [0.1, 0.15) is 0 Å². The third-order valence-electron chi connectivity index (χ3n) is 3.60. The minimum atomic E-state index is 0.329. The number of hydrogen-bond acceptors (Lipinski definition) is 2. The van der Waals surface area contributed by atoms with Crippen molar-refractivity contribution < 1.29 is 5.11 Å². The Morgan fingerprint density at radius 2 is 1.35 bits per heavy atom. The number of hydrogen-bond donors (Lipinski definition) is 1. The summed E-state index contributed by atoms with van der Waals surface area (Å²) in [7, 11) is 0. The molecule has 96 valence electrons. The molecule has 20 heavy (non-hydrogen) atoms. The van der Waals surface area contributed by atoms with Crippen molar-refractivity contribution in [3.8, 4) is 16.9 Å². The number of phenolic OH excluding ortho intramolecular Hbond substituents is 1. The Balaban J connectivity index is 2.17. The molecule has 0 aliphatic heterocycles. The smallest absolute Gasteiger partial charge is 0.123 e. The maximum Gasteiger partial charge on any atom is 0.123 e. The molecule has 0 radical (unpaired) electrons. The van der Waals surface area contributed by atoms with Crippen LogP contribution in [-0.2, 0) is 0 Å². The normalized spacial score (nSPS) is 11.2. The molecule has 0 unspecified atom stereocenters. The van der Waals surface area contributed by atoms with E-state index in [4.69, 9.17) is 0 Å². The number of phenols is 1. The van der Waals surface area contributed by atoms with Gasteiger partial charge in [-0.15, -0.1) is 11.3 Å². The second-order valence-electron chi connectivity index (χ2n) is 4.79. The second kappa shape index (κ2) is 4.36. The minimum absolute atomic E-state index is 0.329. The van der Waals surface area contributed by atoms with Crippen molar-refractivity contribution in [2.24, 2.45) is 0 Å². The van der Waals surface area contributed by atoms with Gasteiger partial charge in [-0.05, 0) is 23.8 Å². The summed E-state index contributed by atoms with van der Waals surface area (Å²) in [5.74, 6) is 0.329. The summed E-state index contributed by atoms with van der Waals surface area (Å²) >= 11 is 1.79. The van der Waals surface area contributed by atoms with E-state index in [9.17, 15) is 5.11 Å². The van der Waals surface area contributed by atoms with E-state index in [1.165, 1.54) is 20.2 Å². The zero-order chi connectivity index (χ0) is 13.5. The first-order valence-electron chi connectivity index (χ1n) is 6.53. The lowest BCUT2D eigenvalue weighted by atomic mass is 9.99. The molecule has 0 amide bonds. The van der Waals surface area contributed by atoms with Crippen LogP contribution in [0.15, 0.2) is 66.7 Å². The Bertz CT molecular complexity index is 921. The van der Waals surface area contributed by atoms with Gasteiger partial charge in [-0.2, -0.15) is 0 Å². The molecule has 2 heteroatoms. The van der Waals surface area contributed by atoms with Crippen molar-refractivity contribution in [2.75, 3.05) is 0 Å². The fourth-order valence-electron chi connectivity index (χ4n) is 2.70. The second-order valence-corrected chi connectivity index (χ2v) is 5.88. The molecular formula is C18H12OS. The molecule has 0 atom stereocenters. The van der Waals surface area contributed by atoms with Crippen molar-refractivity contribution in [2.45, 2.75) is 0 Å². The largest absolute Gasteiger partial charge is 0.507 e. The van der Waals surface area contributed by atoms with Crippen LogP contribution in [-0.4, -0.2) is 5.11 Å². The highest BCUT2D eigenvalue weighted by molar-refractivity contribution is 7.25. The molecule has 4 aromatic rings. The summed E-state index contributed by atoms with van der Waals surface area (Å²) < 4.78 is 2.54. The van der Waals surface area contributed by atoms with Gasteiger partial charge in [0.2, 0.25) is 0 Å². The van der Waals surface area contributed by atoms with Gasteiger partial charge in [0, 0.05) is 25.7 Å². The number of fused-ring (bicyclic) bond motifs is 3. The monoisotopic (exact) mass is 276 g/mol. The average Bonchev–Trinajstić information content (AvgIpc) is 2.86. The molecule has 1 aromatic heterocycles. The quantitative estimate of drug-likeness (QED) is 0.491. The van der Waals surface area contributed by atoms with Gasteiger partial charge in [0.05, 0.1) is 0 Å². The summed E-state index contributed by atoms with van der Waals surface area (Å²) in [6.45, 7) is 0. The maximum absolute atomic E-state index is 10.1.